The van der Waals surface area contributed by atoms with E-state index in [4.69, 9.17) is 5.73 Å². The van der Waals surface area contributed by atoms with Crippen LogP contribution in [0.25, 0.3) is 0 Å². The van der Waals surface area contributed by atoms with Gasteiger partial charge in [0.1, 0.15) is 0 Å². The summed E-state index contributed by atoms with van der Waals surface area (Å²) < 4.78 is 0. The number of hydrogen-bond donors (Lipinski definition) is 2. The van der Waals surface area contributed by atoms with Crippen LogP contribution in [0.4, 0.5) is 5.69 Å². The maximum atomic E-state index is 5.98. The summed E-state index contributed by atoms with van der Waals surface area (Å²) in [5.74, 6) is 0.508. The summed E-state index contributed by atoms with van der Waals surface area (Å²) in [5.41, 5.74) is 8.29. The summed E-state index contributed by atoms with van der Waals surface area (Å²) in [7, 11) is 2.20. The zero-order valence-corrected chi connectivity index (χ0v) is 17.3. The number of anilines is 1. The van der Waals surface area contributed by atoms with Gasteiger partial charge >= 0.3 is 0 Å². The van der Waals surface area contributed by atoms with Crippen LogP contribution in [0.3, 0.4) is 0 Å². The minimum absolute atomic E-state index is 0. The molecule has 24 heavy (non-hydrogen) atoms. The largest absolute Gasteiger partial charge is 0.370 e. The smallest absolute Gasteiger partial charge is 0.193 e. The predicted molar refractivity (Wildman–Crippen MR) is 115 cm³/mol. The molecule has 1 saturated heterocycles. The van der Waals surface area contributed by atoms with Crippen LogP contribution in [-0.4, -0.2) is 62.1 Å². The number of guanidine groups is 1. The van der Waals surface area contributed by atoms with E-state index < -0.39 is 0 Å². The molecule has 0 bridgehead atoms. The Morgan fingerprint density at radius 3 is 2.88 bits per heavy atom. The average molecular weight is 445 g/mol. The Morgan fingerprint density at radius 2 is 2.08 bits per heavy atom. The normalized spacial score (nSPS) is 17.2. The summed E-state index contributed by atoms with van der Waals surface area (Å²) in [6.45, 7) is 8.78. The van der Waals surface area contributed by atoms with E-state index in [1.165, 1.54) is 31.6 Å². The van der Waals surface area contributed by atoms with Crippen LogP contribution in [0, 0.1) is 0 Å². The van der Waals surface area contributed by atoms with Crippen molar-refractivity contribution in [1.82, 2.24) is 9.80 Å². The maximum absolute atomic E-state index is 5.98. The van der Waals surface area contributed by atoms with Crippen molar-refractivity contribution in [3.63, 3.8) is 0 Å². The number of aryl methyl sites for hydroxylation is 1. The molecule has 0 unspecified atom stereocenters. The molecule has 0 amide bonds. The standard InChI is InChI=1S/C18H31N5.HI/c1-3-16-7-4-8-17(15-16)21-18(19)20-9-5-11-23-12-6-10-22(2)13-14-23;/h4,7-8,15H,3,5-6,9-14H2,1-2H3,(H3,19,20,21);1H. The number of hydrogen-bond acceptors (Lipinski definition) is 3. The summed E-state index contributed by atoms with van der Waals surface area (Å²) in [4.78, 5) is 9.39. The molecular weight excluding hydrogens is 413 g/mol. The fraction of sp³-hybridized carbons (Fsp3) is 0.611. The zero-order chi connectivity index (χ0) is 16.5. The fourth-order valence-electron chi connectivity index (χ4n) is 2.87. The van der Waals surface area contributed by atoms with E-state index in [9.17, 15) is 0 Å². The Hall–Kier alpha value is -0.860. The van der Waals surface area contributed by atoms with E-state index in [2.05, 4.69) is 46.2 Å². The van der Waals surface area contributed by atoms with Crippen molar-refractivity contribution in [2.75, 3.05) is 51.6 Å². The van der Waals surface area contributed by atoms with Crippen LogP contribution in [0.15, 0.2) is 29.3 Å². The Labute approximate surface area is 163 Å². The number of likely N-dealkylation sites (N-methyl/N-ethyl adjacent to an activating group) is 1. The third kappa shape index (κ3) is 7.81. The van der Waals surface area contributed by atoms with Gasteiger partial charge in [0.2, 0.25) is 0 Å². The second-order valence-corrected chi connectivity index (χ2v) is 6.30. The van der Waals surface area contributed by atoms with Gasteiger partial charge < -0.3 is 20.9 Å². The lowest BCUT2D eigenvalue weighted by atomic mass is 10.1. The van der Waals surface area contributed by atoms with Crippen LogP contribution in [0.5, 0.6) is 0 Å². The summed E-state index contributed by atoms with van der Waals surface area (Å²) in [5, 5.41) is 3.18. The van der Waals surface area contributed by atoms with Gasteiger partial charge in [-0.3, -0.25) is 4.99 Å². The van der Waals surface area contributed by atoms with Crippen LogP contribution in [-0.2, 0) is 6.42 Å². The van der Waals surface area contributed by atoms with Gasteiger partial charge in [0.25, 0.3) is 0 Å². The van der Waals surface area contributed by atoms with Crippen molar-refractivity contribution in [1.29, 1.82) is 0 Å². The number of nitrogens with two attached hydrogens (primary N) is 1. The molecule has 0 spiro atoms. The molecule has 0 aromatic heterocycles. The Bertz CT molecular complexity index is 506. The van der Waals surface area contributed by atoms with E-state index in [1.807, 2.05) is 12.1 Å². The highest BCUT2D eigenvalue weighted by atomic mass is 127. The minimum Gasteiger partial charge on any atom is -0.370 e. The number of benzene rings is 1. The lowest BCUT2D eigenvalue weighted by Gasteiger charge is -2.19. The van der Waals surface area contributed by atoms with Gasteiger partial charge in [-0.25, -0.2) is 0 Å². The number of nitrogens with zero attached hydrogens (tertiary/aromatic N) is 3. The highest BCUT2D eigenvalue weighted by Crippen LogP contribution is 2.10. The molecule has 1 aliphatic rings. The molecule has 1 aromatic carbocycles. The van der Waals surface area contributed by atoms with Crippen LogP contribution in [0.1, 0.15) is 25.3 Å². The van der Waals surface area contributed by atoms with E-state index >= 15 is 0 Å². The van der Waals surface area contributed by atoms with Gasteiger partial charge in [-0.2, -0.15) is 0 Å². The quantitative estimate of drug-likeness (QED) is 0.306. The van der Waals surface area contributed by atoms with Gasteiger partial charge in [0, 0.05) is 25.3 Å². The first kappa shape index (κ1) is 21.2. The van der Waals surface area contributed by atoms with E-state index in [0.29, 0.717) is 5.96 Å². The molecule has 3 N–H and O–H groups in total. The fourth-order valence-corrected chi connectivity index (χ4v) is 2.87. The highest BCUT2D eigenvalue weighted by Gasteiger charge is 2.10. The minimum atomic E-state index is 0. The lowest BCUT2D eigenvalue weighted by molar-refractivity contribution is 0.275. The van der Waals surface area contributed by atoms with Crippen molar-refractivity contribution in [2.45, 2.75) is 26.2 Å². The van der Waals surface area contributed by atoms with Crippen LogP contribution >= 0.6 is 24.0 Å². The molecule has 1 aromatic rings. The summed E-state index contributed by atoms with van der Waals surface area (Å²) in [6.07, 6.45) is 3.34. The number of nitrogens with one attached hydrogen (secondary N) is 1. The molecule has 0 atom stereocenters. The first-order chi connectivity index (χ1) is 11.2. The molecule has 1 heterocycles. The lowest BCUT2D eigenvalue weighted by Crippen LogP contribution is -2.30. The first-order valence-corrected chi connectivity index (χ1v) is 8.74. The molecule has 5 nitrogen and oxygen atoms in total. The van der Waals surface area contributed by atoms with Crippen LogP contribution in [0.2, 0.25) is 0 Å². The monoisotopic (exact) mass is 445 g/mol. The van der Waals surface area contributed by atoms with Gasteiger partial charge in [0.05, 0.1) is 0 Å². The molecule has 1 aliphatic heterocycles. The van der Waals surface area contributed by atoms with Gasteiger partial charge in [0.15, 0.2) is 5.96 Å². The summed E-state index contributed by atoms with van der Waals surface area (Å²) in [6, 6.07) is 8.31. The SMILES string of the molecule is CCc1cccc(NC(N)=NCCCN2CCCN(C)CC2)c1.I. The number of rotatable bonds is 6. The van der Waals surface area contributed by atoms with Crippen molar-refractivity contribution < 1.29 is 0 Å². The molecule has 1 fully saturated rings. The molecule has 0 saturated carbocycles. The van der Waals surface area contributed by atoms with Crippen molar-refractivity contribution in [3.8, 4) is 0 Å². The topological polar surface area (TPSA) is 56.9 Å². The van der Waals surface area contributed by atoms with Crippen molar-refractivity contribution >= 4 is 35.6 Å². The Kier molecular flexibility index (Phi) is 10.3. The highest BCUT2D eigenvalue weighted by molar-refractivity contribution is 14.0. The number of halogens is 1. The second-order valence-electron chi connectivity index (χ2n) is 6.30. The van der Waals surface area contributed by atoms with E-state index in [0.717, 1.165) is 38.2 Å². The zero-order valence-electron chi connectivity index (χ0n) is 15.0. The van der Waals surface area contributed by atoms with Crippen LogP contribution < -0.4 is 11.1 Å². The molecule has 2 rings (SSSR count). The third-order valence-electron chi connectivity index (χ3n) is 4.33. The third-order valence-corrected chi connectivity index (χ3v) is 4.33. The van der Waals surface area contributed by atoms with Gasteiger partial charge in [-0.05, 0) is 63.6 Å². The Balaban J connectivity index is 0.00000288. The van der Waals surface area contributed by atoms with Gasteiger partial charge in [-0.15, -0.1) is 24.0 Å². The maximum Gasteiger partial charge on any atom is 0.193 e. The predicted octanol–water partition coefficient (Wildman–Crippen LogP) is 2.62. The molecule has 6 heteroatoms. The molecule has 0 radical (unpaired) electrons. The molecule has 0 aliphatic carbocycles. The first-order valence-electron chi connectivity index (χ1n) is 8.74. The Morgan fingerprint density at radius 1 is 1.25 bits per heavy atom. The average Bonchev–Trinajstić information content (AvgIpc) is 2.76. The van der Waals surface area contributed by atoms with Gasteiger partial charge in [-0.1, -0.05) is 19.1 Å². The molecular formula is C18H32IN5. The van der Waals surface area contributed by atoms with E-state index in [-0.39, 0.29) is 24.0 Å². The van der Waals surface area contributed by atoms with Crippen molar-refractivity contribution in [2.24, 2.45) is 10.7 Å². The second kappa shape index (κ2) is 11.7. The summed E-state index contributed by atoms with van der Waals surface area (Å²) >= 11 is 0. The number of aliphatic imine (C=N–C) groups is 1. The van der Waals surface area contributed by atoms with Crippen molar-refractivity contribution in [3.05, 3.63) is 29.8 Å². The molecule has 136 valence electrons. The van der Waals surface area contributed by atoms with E-state index in [1.54, 1.807) is 0 Å².